The Morgan fingerprint density at radius 3 is 1.81 bits per heavy atom. The Labute approximate surface area is 274 Å². The van der Waals surface area contributed by atoms with Crippen molar-refractivity contribution in [3.05, 3.63) is 22.7 Å². The number of alkyl halides is 4. The largest absolute Gasteiger partial charge is 0.448 e. The van der Waals surface area contributed by atoms with Gasteiger partial charge in [-0.15, -0.1) is 35.3 Å². The van der Waals surface area contributed by atoms with Crippen LogP contribution in [0.5, 0.6) is 0 Å². The first-order valence-corrected chi connectivity index (χ1v) is 18.5. The van der Waals surface area contributed by atoms with E-state index in [-0.39, 0.29) is 44.1 Å². The Balaban J connectivity index is 0.000000242. The number of anilines is 1. The highest BCUT2D eigenvalue weighted by atomic mass is 79.9. The van der Waals surface area contributed by atoms with Crippen LogP contribution in [0.2, 0.25) is 0 Å². The standard InChI is InChI=1S/C13H18FN3O2S.C9H15FO2S.C7H12BrFS/c1-4-9-7(2)11(14)12(20-9)17-6-5-10(15-8(3)18)16-13(17)19;1-4-7-5(2)8(10)9(13-7)12-6(3)11;1-3-5-4(2)6(9)7(8)10-5/h5-7,9,11-12H,4H2,1-3H3,(H,15,16,18,19);5,7-9H,4H2,1-3H3;4-7H,3H2,1-2H3/t7-,9-,11+,12?;5-,7-,8+,9?;4-,5-,6+,7?/m111/s1. The Hall–Kier alpha value is -0.860. The highest BCUT2D eigenvalue weighted by Crippen LogP contribution is 2.48. The highest BCUT2D eigenvalue weighted by Gasteiger charge is 2.43. The lowest BCUT2D eigenvalue weighted by Gasteiger charge is -2.16. The molecule has 3 aliphatic rings. The van der Waals surface area contributed by atoms with E-state index in [0.29, 0.717) is 5.25 Å². The normalized spacial score (nSPS) is 36.7. The van der Waals surface area contributed by atoms with Crippen LogP contribution in [0.1, 0.15) is 80.0 Å². The highest BCUT2D eigenvalue weighted by molar-refractivity contribution is 9.11. The van der Waals surface area contributed by atoms with Gasteiger partial charge in [0.05, 0.1) is 4.16 Å². The molecule has 1 amide bonds. The molecule has 3 fully saturated rings. The molecule has 3 saturated heterocycles. The second-order valence-electron chi connectivity index (χ2n) is 11.1. The number of rotatable bonds is 6. The first kappa shape index (κ1) is 38.3. The maximum absolute atomic E-state index is 14.3. The van der Waals surface area contributed by atoms with Gasteiger partial charge < -0.3 is 10.1 Å². The molecule has 0 spiro atoms. The van der Waals surface area contributed by atoms with Gasteiger partial charge >= 0.3 is 11.7 Å². The van der Waals surface area contributed by atoms with Crippen molar-refractivity contribution < 1.29 is 27.5 Å². The molecule has 1 aromatic heterocycles. The summed E-state index contributed by atoms with van der Waals surface area (Å²) in [6.07, 6.45) is 1.62. The third-order valence-electron chi connectivity index (χ3n) is 7.87. The molecule has 43 heavy (non-hydrogen) atoms. The van der Waals surface area contributed by atoms with Crippen LogP contribution in [-0.4, -0.2) is 65.3 Å². The quantitative estimate of drug-likeness (QED) is 0.235. The molecule has 0 aliphatic carbocycles. The summed E-state index contributed by atoms with van der Waals surface area (Å²) in [7, 11) is 0. The van der Waals surface area contributed by atoms with Crippen molar-refractivity contribution in [1.29, 1.82) is 0 Å². The predicted molar refractivity (Wildman–Crippen MR) is 177 cm³/mol. The second-order valence-corrected chi connectivity index (χ2v) is 16.7. The van der Waals surface area contributed by atoms with E-state index in [9.17, 15) is 27.6 Å². The summed E-state index contributed by atoms with van der Waals surface area (Å²) < 4.78 is 47.1. The van der Waals surface area contributed by atoms with E-state index in [4.69, 9.17) is 4.74 Å². The lowest BCUT2D eigenvalue weighted by atomic mass is 10.0. The summed E-state index contributed by atoms with van der Waals surface area (Å²) in [6.45, 7) is 14.5. The minimum absolute atomic E-state index is 0.0145. The summed E-state index contributed by atoms with van der Waals surface area (Å²) in [5.41, 5.74) is -1.13. The fraction of sp³-hybridized carbons (Fsp3) is 0.793. The number of carbonyl (C=O) groups excluding carboxylic acids is 2. The van der Waals surface area contributed by atoms with Crippen LogP contribution >= 0.6 is 51.2 Å². The third-order valence-corrected chi connectivity index (χ3v) is 14.3. The van der Waals surface area contributed by atoms with Crippen LogP contribution in [-0.2, 0) is 14.3 Å². The van der Waals surface area contributed by atoms with Crippen molar-refractivity contribution in [2.24, 2.45) is 17.8 Å². The molecular weight excluding hydrogens is 687 g/mol. The summed E-state index contributed by atoms with van der Waals surface area (Å²) in [6, 6.07) is 1.51. The first-order valence-electron chi connectivity index (χ1n) is 14.7. The Bertz CT molecular complexity index is 1120. The molecule has 4 heterocycles. The maximum atomic E-state index is 14.3. The molecule has 0 radical (unpaired) electrons. The number of aromatic nitrogens is 2. The van der Waals surface area contributed by atoms with E-state index < -0.39 is 41.0 Å². The smallest absolute Gasteiger partial charge is 0.350 e. The number of ether oxygens (including phenoxy) is 1. The number of hydrogen-bond donors (Lipinski definition) is 1. The molecular formula is C29H45BrF3N3O4S3. The van der Waals surface area contributed by atoms with Gasteiger partial charge in [-0.1, -0.05) is 57.5 Å². The van der Waals surface area contributed by atoms with Crippen molar-refractivity contribution in [1.82, 2.24) is 9.55 Å². The molecule has 7 nitrogen and oxygen atoms in total. The maximum Gasteiger partial charge on any atom is 0.350 e. The topological polar surface area (TPSA) is 90.3 Å². The van der Waals surface area contributed by atoms with Crippen molar-refractivity contribution in [3.8, 4) is 0 Å². The van der Waals surface area contributed by atoms with E-state index in [1.54, 1.807) is 11.8 Å². The fourth-order valence-corrected chi connectivity index (χ4v) is 11.0. The van der Waals surface area contributed by atoms with Crippen molar-refractivity contribution >= 4 is 68.9 Å². The minimum Gasteiger partial charge on any atom is -0.448 e. The zero-order valence-corrected chi connectivity index (χ0v) is 30.0. The van der Waals surface area contributed by atoms with E-state index in [1.807, 2.05) is 34.6 Å². The third kappa shape index (κ3) is 10.3. The summed E-state index contributed by atoms with van der Waals surface area (Å²) in [5.74, 6) is -0.384. The minimum atomic E-state index is -1.07. The molecule has 246 valence electrons. The average molecular weight is 733 g/mol. The van der Waals surface area contributed by atoms with Gasteiger partial charge in [-0.2, -0.15) is 4.98 Å². The van der Waals surface area contributed by atoms with Crippen molar-refractivity contribution in [2.75, 3.05) is 5.32 Å². The number of amides is 1. The average Bonchev–Trinajstić information content (AvgIpc) is 3.49. The zero-order chi connectivity index (χ0) is 32.6. The second kappa shape index (κ2) is 17.7. The van der Waals surface area contributed by atoms with E-state index >= 15 is 0 Å². The number of hydrogen-bond acceptors (Lipinski definition) is 8. The lowest BCUT2D eigenvalue weighted by molar-refractivity contribution is -0.144. The van der Waals surface area contributed by atoms with Gasteiger partial charge in [0, 0.05) is 53.5 Å². The number of nitrogens with zero attached hydrogens (tertiary/aromatic N) is 2. The van der Waals surface area contributed by atoms with Crippen LogP contribution in [0.4, 0.5) is 19.0 Å². The van der Waals surface area contributed by atoms with Gasteiger partial charge in [0.15, 0.2) is 11.6 Å². The number of thioether (sulfide) groups is 3. The monoisotopic (exact) mass is 731 g/mol. The number of halogens is 4. The summed E-state index contributed by atoms with van der Waals surface area (Å²) in [5, 5.41) is 2.89. The zero-order valence-electron chi connectivity index (χ0n) is 26.0. The molecule has 14 heteroatoms. The van der Waals surface area contributed by atoms with Gasteiger partial charge in [0.25, 0.3) is 0 Å². The van der Waals surface area contributed by atoms with Gasteiger partial charge in [-0.3, -0.25) is 14.2 Å². The van der Waals surface area contributed by atoms with Gasteiger partial charge in [-0.25, -0.2) is 18.0 Å². The van der Waals surface area contributed by atoms with Crippen molar-refractivity contribution in [2.45, 2.75) is 124 Å². The van der Waals surface area contributed by atoms with Gasteiger partial charge in [0.1, 0.15) is 23.5 Å². The van der Waals surface area contributed by atoms with Crippen LogP contribution in [0, 0.1) is 17.8 Å². The van der Waals surface area contributed by atoms with E-state index in [2.05, 4.69) is 33.2 Å². The Kier molecular flexibility index (Phi) is 15.8. The molecule has 1 N–H and O–H groups in total. The Morgan fingerprint density at radius 1 is 0.907 bits per heavy atom. The molecule has 4 rings (SSSR count). The molecule has 12 atom stereocenters. The summed E-state index contributed by atoms with van der Waals surface area (Å²) in [4.78, 5) is 37.3. The number of nitrogens with one attached hydrogen (secondary N) is 1. The predicted octanol–water partition coefficient (Wildman–Crippen LogP) is 7.78. The van der Waals surface area contributed by atoms with Gasteiger partial charge in [0.2, 0.25) is 5.91 Å². The first-order chi connectivity index (χ1) is 20.2. The number of esters is 1. The Morgan fingerprint density at radius 2 is 1.42 bits per heavy atom. The fourth-order valence-electron chi connectivity index (χ4n) is 5.21. The van der Waals surface area contributed by atoms with Crippen LogP contribution in [0.25, 0.3) is 0 Å². The van der Waals surface area contributed by atoms with Crippen LogP contribution < -0.4 is 11.0 Å². The molecule has 3 unspecified atom stereocenters. The summed E-state index contributed by atoms with van der Waals surface area (Å²) >= 11 is 7.95. The van der Waals surface area contributed by atoms with E-state index in [1.165, 1.54) is 54.2 Å². The van der Waals surface area contributed by atoms with Crippen LogP contribution in [0.15, 0.2) is 17.1 Å². The van der Waals surface area contributed by atoms with E-state index in [0.717, 1.165) is 19.3 Å². The van der Waals surface area contributed by atoms with Crippen LogP contribution in [0.3, 0.4) is 0 Å². The molecule has 0 saturated carbocycles. The van der Waals surface area contributed by atoms with Crippen molar-refractivity contribution in [3.63, 3.8) is 0 Å². The number of carbonyl (C=O) groups is 2. The van der Waals surface area contributed by atoms with Gasteiger partial charge in [-0.05, 0) is 25.3 Å². The molecule has 1 aromatic rings. The molecule has 0 aromatic carbocycles. The molecule has 0 bridgehead atoms. The SMILES string of the molecule is CC[C@H]1SC(Br)[C@@H](F)[C@@H]1C.CC[C@H]1SC(OC(C)=O)[C@@H](F)[C@@H]1C.CC[C@H]1SC(n2ccc(NC(C)=O)nc2=O)[C@@H](F)[C@@H]1C. The lowest BCUT2D eigenvalue weighted by Crippen LogP contribution is -2.30. The molecule has 3 aliphatic heterocycles.